The van der Waals surface area contributed by atoms with E-state index in [4.69, 9.17) is 14.2 Å². The molecule has 0 aliphatic rings. The van der Waals surface area contributed by atoms with Crippen molar-refractivity contribution in [2.45, 2.75) is 12.8 Å². The fourth-order valence-electron chi connectivity index (χ4n) is 3.19. The molecule has 0 radical (unpaired) electrons. The number of benzene rings is 4. The summed E-state index contributed by atoms with van der Waals surface area (Å²) in [6, 6.07) is 34.2. The van der Waals surface area contributed by atoms with Crippen molar-refractivity contribution in [3.63, 3.8) is 0 Å². The van der Waals surface area contributed by atoms with E-state index in [1.54, 1.807) is 36.4 Å². The maximum atomic E-state index is 12.4. The first kappa shape index (κ1) is 21.2. The van der Waals surface area contributed by atoms with Gasteiger partial charge in [-0.1, -0.05) is 60.7 Å². The number of rotatable bonds is 9. The number of para-hydroxylation sites is 1. The zero-order valence-corrected chi connectivity index (χ0v) is 17.6. The number of carbonyl (C=O) groups excluding carboxylic acids is 1. The minimum absolute atomic E-state index is 0.0970. The first-order chi connectivity index (χ1) is 15.8. The lowest BCUT2D eigenvalue weighted by Crippen LogP contribution is -2.09. The molecule has 0 aromatic heterocycles. The number of ether oxygens (including phenoxy) is 3. The summed E-state index contributed by atoms with van der Waals surface area (Å²) in [5.74, 6) is 1.44. The van der Waals surface area contributed by atoms with Gasteiger partial charge < -0.3 is 14.2 Å². The average molecular weight is 424 g/mol. The molecule has 4 aromatic carbocycles. The molecule has 32 heavy (non-hydrogen) atoms. The van der Waals surface area contributed by atoms with Crippen molar-refractivity contribution in [2.75, 3.05) is 6.79 Å². The van der Waals surface area contributed by atoms with Gasteiger partial charge in [-0.05, 0) is 72.5 Å². The van der Waals surface area contributed by atoms with Crippen LogP contribution in [0, 0.1) is 0 Å². The Morgan fingerprint density at radius 2 is 1.03 bits per heavy atom. The average Bonchev–Trinajstić information content (AvgIpc) is 2.85. The Morgan fingerprint density at radius 3 is 1.66 bits per heavy atom. The molecule has 0 saturated heterocycles. The highest BCUT2D eigenvalue weighted by molar-refractivity contribution is 5.91. The van der Waals surface area contributed by atoms with Crippen LogP contribution in [0.25, 0.3) is 0 Å². The molecular formula is C28H24O4. The Morgan fingerprint density at radius 1 is 0.531 bits per heavy atom. The van der Waals surface area contributed by atoms with E-state index < -0.39 is 0 Å². The zero-order chi connectivity index (χ0) is 22.0. The smallest absolute Gasteiger partial charge is 0.343 e. The van der Waals surface area contributed by atoms with E-state index in [1.807, 2.05) is 60.7 Å². The van der Waals surface area contributed by atoms with Gasteiger partial charge in [0.2, 0.25) is 6.79 Å². The van der Waals surface area contributed by atoms with Crippen molar-refractivity contribution in [1.82, 2.24) is 0 Å². The standard InChI is InChI=1S/C28H24O4/c29-28(24-15-13-23(14-16-24)12-11-22-7-3-1-4-8-22)32-27-19-17-26(18-20-27)31-21-30-25-9-5-2-6-10-25/h1-10,13-20H,11-12,21H2. The SMILES string of the molecule is O=C(Oc1ccc(OCOc2ccccc2)cc1)c1ccc(CCc2ccccc2)cc1. The normalized spacial score (nSPS) is 10.4. The fourth-order valence-corrected chi connectivity index (χ4v) is 3.19. The summed E-state index contributed by atoms with van der Waals surface area (Å²) in [5.41, 5.74) is 3.00. The third kappa shape index (κ3) is 6.22. The molecule has 0 N–H and O–H groups in total. The molecule has 0 heterocycles. The van der Waals surface area contributed by atoms with Crippen LogP contribution in [0.2, 0.25) is 0 Å². The molecule has 0 fully saturated rings. The van der Waals surface area contributed by atoms with Gasteiger partial charge in [-0.15, -0.1) is 0 Å². The van der Waals surface area contributed by atoms with Crippen LogP contribution in [-0.2, 0) is 12.8 Å². The minimum atomic E-state index is -0.388. The van der Waals surface area contributed by atoms with Crippen molar-refractivity contribution in [3.8, 4) is 17.2 Å². The second-order valence-corrected chi connectivity index (χ2v) is 7.26. The minimum Gasteiger partial charge on any atom is -0.458 e. The van der Waals surface area contributed by atoms with Crippen molar-refractivity contribution >= 4 is 5.97 Å². The topological polar surface area (TPSA) is 44.8 Å². The predicted octanol–water partition coefficient (Wildman–Crippen LogP) is 6.11. The monoisotopic (exact) mass is 424 g/mol. The lowest BCUT2D eigenvalue weighted by atomic mass is 10.0. The first-order valence-corrected chi connectivity index (χ1v) is 10.5. The van der Waals surface area contributed by atoms with Gasteiger partial charge in [-0.25, -0.2) is 4.79 Å². The van der Waals surface area contributed by atoms with Gasteiger partial charge >= 0.3 is 5.97 Å². The second-order valence-electron chi connectivity index (χ2n) is 7.26. The molecule has 0 unspecified atom stereocenters. The van der Waals surface area contributed by atoms with E-state index in [1.165, 1.54) is 11.1 Å². The molecule has 0 bridgehead atoms. The van der Waals surface area contributed by atoms with Crippen molar-refractivity contribution in [1.29, 1.82) is 0 Å². The highest BCUT2D eigenvalue weighted by Gasteiger charge is 2.09. The molecular weight excluding hydrogens is 400 g/mol. The summed E-state index contributed by atoms with van der Waals surface area (Å²) >= 11 is 0. The van der Waals surface area contributed by atoms with Crippen LogP contribution in [-0.4, -0.2) is 12.8 Å². The van der Waals surface area contributed by atoms with Crippen molar-refractivity contribution < 1.29 is 19.0 Å². The third-order valence-electron chi connectivity index (χ3n) is 4.96. The van der Waals surface area contributed by atoms with E-state index in [0.717, 1.165) is 18.6 Å². The van der Waals surface area contributed by atoms with Crippen LogP contribution in [0.3, 0.4) is 0 Å². The Kier molecular flexibility index (Phi) is 7.17. The number of hydrogen-bond donors (Lipinski definition) is 0. The van der Waals surface area contributed by atoms with Gasteiger partial charge in [0.05, 0.1) is 5.56 Å². The molecule has 160 valence electrons. The van der Waals surface area contributed by atoms with Crippen LogP contribution in [0.1, 0.15) is 21.5 Å². The first-order valence-electron chi connectivity index (χ1n) is 10.5. The molecule has 0 aliphatic carbocycles. The molecule has 0 spiro atoms. The van der Waals surface area contributed by atoms with E-state index >= 15 is 0 Å². The van der Waals surface area contributed by atoms with E-state index in [-0.39, 0.29) is 12.8 Å². The Balaban J connectivity index is 1.25. The number of esters is 1. The summed E-state index contributed by atoms with van der Waals surface area (Å²) in [6.07, 6.45) is 1.89. The summed E-state index contributed by atoms with van der Waals surface area (Å²) in [6.45, 7) is 0.0970. The molecule has 4 aromatic rings. The summed E-state index contributed by atoms with van der Waals surface area (Å²) in [5, 5.41) is 0. The highest BCUT2D eigenvalue weighted by Crippen LogP contribution is 2.19. The van der Waals surface area contributed by atoms with E-state index in [2.05, 4.69) is 12.1 Å². The lowest BCUT2D eigenvalue weighted by molar-refractivity contribution is 0.0734. The molecule has 0 amide bonds. The van der Waals surface area contributed by atoms with Crippen molar-refractivity contribution in [2.24, 2.45) is 0 Å². The lowest BCUT2D eigenvalue weighted by Gasteiger charge is -2.09. The predicted molar refractivity (Wildman–Crippen MR) is 124 cm³/mol. The maximum absolute atomic E-state index is 12.4. The molecule has 4 heteroatoms. The number of carbonyl (C=O) groups is 1. The van der Waals surface area contributed by atoms with Gasteiger partial charge in [0, 0.05) is 0 Å². The molecule has 0 aliphatic heterocycles. The fraction of sp³-hybridized carbons (Fsp3) is 0.107. The quantitative estimate of drug-likeness (QED) is 0.185. The molecule has 0 saturated carbocycles. The Bertz CT molecular complexity index is 1110. The molecule has 0 atom stereocenters. The van der Waals surface area contributed by atoms with Gasteiger partial charge in [-0.2, -0.15) is 0 Å². The number of aryl methyl sites for hydroxylation is 2. The van der Waals surface area contributed by atoms with Gasteiger partial charge in [0.15, 0.2) is 0 Å². The van der Waals surface area contributed by atoms with Crippen LogP contribution >= 0.6 is 0 Å². The second kappa shape index (κ2) is 10.8. The summed E-state index contributed by atoms with van der Waals surface area (Å²) in [4.78, 5) is 12.4. The Hall–Kier alpha value is -4.05. The number of hydrogen-bond acceptors (Lipinski definition) is 4. The van der Waals surface area contributed by atoms with Gasteiger partial charge in [-0.3, -0.25) is 0 Å². The maximum Gasteiger partial charge on any atom is 0.343 e. The molecule has 4 nitrogen and oxygen atoms in total. The molecule has 4 rings (SSSR count). The van der Waals surface area contributed by atoms with Gasteiger partial charge in [0.25, 0.3) is 0 Å². The van der Waals surface area contributed by atoms with Crippen LogP contribution in [0.15, 0.2) is 109 Å². The largest absolute Gasteiger partial charge is 0.458 e. The van der Waals surface area contributed by atoms with E-state index in [0.29, 0.717) is 17.1 Å². The Labute approximate surface area is 188 Å². The van der Waals surface area contributed by atoms with Crippen molar-refractivity contribution in [3.05, 3.63) is 126 Å². The van der Waals surface area contributed by atoms with Gasteiger partial charge in [0.1, 0.15) is 17.2 Å². The summed E-state index contributed by atoms with van der Waals surface area (Å²) < 4.78 is 16.5. The summed E-state index contributed by atoms with van der Waals surface area (Å²) in [7, 11) is 0. The van der Waals surface area contributed by atoms with Crippen LogP contribution < -0.4 is 14.2 Å². The van der Waals surface area contributed by atoms with E-state index in [9.17, 15) is 4.79 Å². The van der Waals surface area contributed by atoms with Crippen LogP contribution in [0.4, 0.5) is 0 Å². The van der Waals surface area contributed by atoms with Crippen LogP contribution in [0.5, 0.6) is 17.2 Å². The zero-order valence-electron chi connectivity index (χ0n) is 17.6. The third-order valence-corrected chi connectivity index (χ3v) is 4.96. The highest BCUT2D eigenvalue weighted by atomic mass is 16.7.